The Balaban J connectivity index is 1.35. The maximum absolute atomic E-state index is 12.1. The van der Waals surface area contributed by atoms with Crippen molar-refractivity contribution >= 4 is 27.7 Å². The molecule has 5 nitrogen and oxygen atoms in total. The Bertz CT molecular complexity index is 765. The summed E-state index contributed by atoms with van der Waals surface area (Å²) >= 11 is 3.34. The number of amides is 2. The minimum atomic E-state index is -0.162. The van der Waals surface area contributed by atoms with Crippen molar-refractivity contribution < 1.29 is 9.59 Å². The Morgan fingerprint density at radius 2 is 1.81 bits per heavy atom. The van der Waals surface area contributed by atoms with Crippen LogP contribution >= 0.6 is 15.9 Å². The van der Waals surface area contributed by atoms with Gasteiger partial charge in [0.1, 0.15) is 0 Å². The van der Waals surface area contributed by atoms with E-state index < -0.39 is 0 Å². The van der Waals surface area contributed by atoms with Crippen molar-refractivity contribution in [2.75, 3.05) is 19.6 Å². The van der Waals surface area contributed by atoms with E-state index >= 15 is 0 Å². The lowest BCUT2D eigenvalue weighted by atomic mass is 10.2. The molecule has 27 heavy (non-hydrogen) atoms. The molecule has 2 aromatic carbocycles. The molecule has 0 radical (unpaired) electrons. The molecule has 0 aromatic heterocycles. The molecule has 3 rings (SSSR count). The molecule has 1 aliphatic heterocycles. The van der Waals surface area contributed by atoms with E-state index in [0.29, 0.717) is 12.1 Å². The maximum atomic E-state index is 12.1. The minimum Gasteiger partial charge on any atom is -0.352 e. The zero-order valence-corrected chi connectivity index (χ0v) is 16.7. The van der Waals surface area contributed by atoms with Gasteiger partial charge in [-0.15, -0.1) is 0 Å². The number of likely N-dealkylation sites (tertiary alicyclic amines) is 1. The third-order valence-electron chi connectivity index (χ3n) is 4.63. The predicted octanol–water partition coefficient (Wildman–Crippen LogP) is 2.96. The lowest BCUT2D eigenvalue weighted by Gasteiger charge is -2.17. The second-order valence-corrected chi connectivity index (χ2v) is 7.70. The van der Waals surface area contributed by atoms with Gasteiger partial charge in [-0.3, -0.25) is 14.5 Å². The van der Waals surface area contributed by atoms with Crippen molar-refractivity contribution in [3.63, 3.8) is 0 Å². The largest absolute Gasteiger partial charge is 0.352 e. The van der Waals surface area contributed by atoms with Crippen LogP contribution in [0, 0.1) is 0 Å². The summed E-state index contributed by atoms with van der Waals surface area (Å²) in [5.74, 6) is -0.178. The van der Waals surface area contributed by atoms with E-state index in [1.54, 1.807) is 12.1 Å². The number of nitrogens with one attached hydrogen (secondary N) is 2. The van der Waals surface area contributed by atoms with E-state index in [-0.39, 0.29) is 24.3 Å². The van der Waals surface area contributed by atoms with Gasteiger partial charge in [0.15, 0.2) is 0 Å². The van der Waals surface area contributed by atoms with Crippen LogP contribution in [0.3, 0.4) is 0 Å². The molecule has 0 spiro atoms. The quantitative estimate of drug-likeness (QED) is 0.710. The summed E-state index contributed by atoms with van der Waals surface area (Å²) in [6.45, 7) is 3.10. The van der Waals surface area contributed by atoms with Gasteiger partial charge in [0.25, 0.3) is 5.91 Å². The summed E-state index contributed by atoms with van der Waals surface area (Å²) in [6, 6.07) is 17.7. The number of hydrogen-bond acceptors (Lipinski definition) is 3. The van der Waals surface area contributed by atoms with Gasteiger partial charge in [-0.2, -0.15) is 0 Å². The number of halogens is 1. The molecule has 1 saturated heterocycles. The van der Waals surface area contributed by atoms with Crippen molar-refractivity contribution in [2.24, 2.45) is 0 Å². The summed E-state index contributed by atoms with van der Waals surface area (Å²) in [6.07, 6.45) is 1.25. The Morgan fingerprint density at radius 3 is 2.56 bits per heavy atom. The first-order valence-electron chi connectivity index (χ1n) is 9.19. The molecule has 6 heteroatoms. The average molecular weight is 430 g/mol. The lowest BCUT2D eigenvalue weighted by Crippen LogP contribution is -2.38. The summed E-state index contributed by atoms with van der Waals surface area (Å²) < 4.78 is 0.927. The second kappa shape index (κ2) is 9.67. The fourth-order valence-electron chi connectivity index (χ4n) is 3.23. The van der Waals surface area contributed by atoms with Crippen LogP contribution in [0.15, 0.2) is 59.1 Å². The fraction of sp³-hybridized carbons (Fsp3) is 0.333. The van der Waals surface area contributed by atoms with Gasteiger partial charge in [-0.25, -0.2) is 0 Å². The summed E-state index contributed by atoms with van der Waals surface area (Å²) in [5, 5.41) is 5.87. The molecule has 2 aromatic rings. The van der Waals surface area contributed by atoms with E-state index in [1.165, 1.54) is 5.56 Å². The summed E-state index contributed by atoms with van der Waals surface area (Å²) in [4.78, 5) is 26.5. The van der Waals surface area contributed by atoms with Gasteiger partial charge >= 0.3 is 0 Å². The van der Waals surface area contributed by atoms with E-state index in [0.717, 1.165) is 30.5 Å². The van der Waals surface area contributed by atoms with Crippen LogP contribution in [-0.4, -0.2) is 42.4 Å². The standard InChI is InChI=1S/C21H24BrN3O2/c22-18-8-6-17(7-9-18)21(27)23-12-10-20(26)24-19-11-13-25(15-19)14-16-4-2-1-3-5-16/h1-9,19H,10-15H2,(H,23,27)(H,24,26). The Hall–Kier alpha value is -2.18. The van der Waals surface area contributed by atoms with Gasteiger partial charge in [0.05, 0.1) is 0 Å². The highest BCUT2D eigenvalue weighted by Crippen LogP contribution is 2.13. The first-order chi connectivity index (χ1) is 13.1. The molecule has 1 aliphatic rings. The van der Waals surface area contributed by atoms with Gasteiger partial charge < -0.3 is 10.6 Å². The van der Waals surface area contributed by atoms with Crippen molar-refractivity contribution in [2.45, 2.75) is 25.4 Å². The first-order valence-corrected chi connectivity index (χ1v) is 9.99. The van der Waals surface area contributed by atoms with Crippen LogP contribution < -0.4 is 10.6 Å². The Kier molecular flexibility index (Phi) is 7.01. The predicted molar refractivity (Wildman–Crippen MR) is 109 cm³/mol. The maximum Gasteiger partial charge on any atom is 0.251 e. The third kappa shape index (κ3) is 6.19. The molecule has 142 valence electrons. The Labute approximate surface area is 168 Å². The number of benzene rings is 2. The van der Waals surface area contributed by atoms with Crippen LogP contribution in [0.2, 0.25) is 0 Å². The average Bonchev–Trinajstić information content (AvgIpc) is 3.09. The van der Waals surface area contributed by atoms with Gasteiger partial charge in [-0.1, -0.05) is 46.3 Å². The van der Waals surface area contributed by atoms with Crippen LogP contribution in [0.5, 0.6) is 0 Å². The highest BCUT2D eigenvalue weighted by molar-refractivity contribution is 9.10. The summed E-state index contributed by atoms with van der Waals surface area (Å²) in [7, 11) is 0. The highest BCUT2D eigenvalue weighted by Gasteiger charge is 2.23. The molecule has 0 aliphatic carbocycles. The topological polar surface area (TPSA) is 61.4 Å². The number of carbonyl (C=O) groups excluding carboxylic acids is 2. The van der Waals surface area contributed by atoms with E-state index in [9.17, 15) is 9.59 Å². The molecule has 0 bridgehead atoms. The van der Waals surface area contributed by atoms with Crippen molar-refractivity contribution in [3.05, 3.63) is 70.2 Å². The SMILES string of the molecule is O=C(CCNC(=O)c1ccc(Br)cc1)NC1CCN(Cc2ccccc2)C1. The zero-order valence-electron chi connectivity index (χ0n) is 15.2. The van der Waals surface area contributed by atoms with Crippen LogP contribution in [0.1, 0.15) is 28.8 Å². The van der Waals surface area contributed by atoms with E-state index in [4.69, 9.17) is 0 Å². The van der Waals surface area contributed by atoms with Gasteiger partial charge in [0, 0.05) is 48.7 Å². The minimum absolute atomic E-state index is 0.0160. The fourth-order valence-corrected chi connectivity index (χ4v) is 3.49. The number of rotatable bonds is 7. The van der Waals surface area contributed by atoms with E-state index in [1.807, 2.05) is 30.3 Å². The molecule has 0 saturated carbocycles. The highest BCUT2D eigenvalue weighted by atomic mass is 79.9. The normalized spacial score (nSPS) is 16.9. The van der Waals surface area contributed by atoms with Gasteiger partial charge in [0.2, 0.25) is 5.91 Å². The molecule has 2 amide bonds. The van der Waals surface area contributed by atoms with Crippen LogP contribution in [0.25, 0.3) is 0 Å². The van der Waals surface area contributed by atoms with Crippen LogP contribution in [0.4, 0.5) is 0 Å². The van der Waals surface area contributed by atoms with Crippen molar-refractivity contribution in [1.82, 2.24) is 15.5 Å². The summed E-state index contributed by atoms with van der Waals surface area (Å²) in [5.41, 5.74) is 1.88. The third-order valence-corrected chi connectivity index (χ3v) is 5.16. The lowest BCUT2D eigenvalue weighted by molar-refractivity contribution is -0.121. The number of hydrogen-bond donors (Lipinski definition) is 2. The van der Waals surface area contributed by atoms with Crippen LogP contribution in [-0.2, 0) is 11.3 Å². The smallest absolute Gasteiger partial charge is 0.251 e. The molecule has 1 fully saturated rings. The number of nitrogens with zero attached hydrogens (tertiary/aromatic N) is 1. The Morgan fingerprint density at radius 1 is 1.07 bits per heavy atom. The second-order valence-electron chi connectivity index (χ2n) is 6.79. The number of carbonyl (C=O) groups is 2. The zero-order chi connectivity index (χ0) is 19.1. The van der Waals surface area contributed by atoms with E-state index in [2.05, 4.69) is 43.6 Å². The first kappa shape index (κ1) is 19.6. The molecule has 2 N–H and O–H groups in total. The molecule has 1 heterocycles. The molecule has 1 atom stereocenters. The molecular formula is C21H24BrN3O2. The molecular weight excluding hydrogens is 406 g/mol. The van der Waals surface area contributed by atoms with Gasteiger partial charge in [-0.05, 0) is 36.2 Å². The van der Waals surface area contributed by atoms with Crippen molar-refractivity contribution in [3.8, 4) is 0 Å². The molecule has 1 unspecified atom stereocenters. The van der Waals surface area contributed by atoms with Crippen molar-refractivity contribution in [1.29, 1.82) is 0 Å². The monoisotopic (exact) mass is 429 g/mol.